The van der Waals surface area contributed by atoms with Crippen molar-refractivity contribution in [1.29, 1.82) is 0 Å². The number of anilines is 1. The van der Waals surface area contributed by atoms with Gasteiger partial charge in [0.25, 0.3) is 5.56 Å². The Morgan fingerprint density at radius 2 is 2.00 bits per heavy atom. The summed E-state index contributed by atoms with van der Waals surface area (Å²) in [5.41, 5.74) is 1.57. The van der Waals surface area contributed by atoms with Crippen LogP contribution in [0.15, 0.2) is 29.1 Å². The molecule has 1 aromatic carbocycles. The van der Waals surface area contributed by atoms with Crippen LogP contribution in [0.25, 0.3) is 10.9 Å². The minimum absolute atomic E-state index is 0.00816. The van der Waals surface area contributed by atoms with Crippen molar-refractivity contribution in [3.63, 3.8) is 0 Å². The van der Waals surface area contributed by atoms with Gasteiger partial charge in [-0.15, -0.1) is 0 Å². The predicted octanol–water partition coefficient (Wildman–Crippen LogP) is 1.78. The molecular weight excluding hydrogens is 280 g/mol. The van der Waals surface area contributed by atoms with Crippen molar-refractivity contribution in [2.45, 2.75) is 38.9 Å². The molecule has 0 aliphatic heterocycles. The first-order valence-corrected chi connectivity index (χ1v) is 7.42. The van der Waals surface area contributed by atoms with Crippen LogP contribution in [0.2, 0.25) is 0 Å². The summed E-state index contributed by atoms with van der Waals surface area (Å²) >= 11 is 0. The fourth-order valence-electron chi connectivity index (χ4n) is 2.64. The number of nitrogens with zero attached hydrogens (tertiary/aromatic N) is 1. The van der Waals surface area contributed by atoms with Gasteiger partial charge in [0.1, 0.15) is 0 Å². The zero-order chi connectivity index (χ0) is 16.5. The first kappa shape index (κ1) is 16.5. The number of aryl methyl sites for hydroxylation is 2. The summed E-state index contributed by atoms with van der Waals surface area (Å²) in [4.78, 5) is 11.9. The number of aliphatic hydroxyl groups excluding tert-OH is 1. The standard InChI is InChI=1S/C17H24N2O3/c1-11-7-12-8-13(5-6-15(12)19(4)16(11)21)18-10-14(20)9-17(2,3)22/h5-8,14,18,20,22H,9-10H2,1-4H3. The van der Waals surface area contributed by atoms with E-state index in [2.05, 4.69) is 5.32 Å². The normalized spacial score (nSPS) is 13.4. The second-order valence-electron chi connectivity index (χ2n) is 6.52. The van der Waals surface area contributed by atoms with Crippen LogP contribution in [0.5, 0.6) is 0 Å². The third kappa shape index (κ3) is 3.87. The minimum Gasteiger partial charge on any atom is -0.391 e. The maximum atomic E-state index is 11.9. The summed E-state index contributed by atoms with van der Waals surface area (Å²) in [6, 6.07) is 7.60. The van der Waals surface area contributed by atoms with Crippen LogP contribution < -0.4 is 10.9 Å². The van der Waals surface area contributed by atoms with Crippen LogP contribution in [-0.4, -0.2) is 33.0 Å². The van der Waals surface area contributed by atoms with E-state index in [4.69, 9.17) is 0 Å². The van der Waals surface area contributed by atoms with Crippen molar-refractivity contribution < 1.29 is 10.2 Å². The van der Waals surface area contributed by atoms with Crippen molar-refractivity contribution in [3.05, 3.63) is 40.2 Å². The molecule has 1 unspecified atom stereocenters. The molecule has 0 aliphatic carbocycles. The predicted molar refractivity (Wildman–Crippen MR) is 89.3 cm³/mol. The Balaban J connectivity index is 2.17. The van der Waals surface area contributed by atoms with Gasteiger partial charge in [0.15, 0.2) is 0 Å². The molecule has 22 heavy (non-hydrogen) atoms. The molecule has 1 heterocycles. The van der Waals surface area contributed by atoms with Crippen LogP contribution in [0.4, 0.5) is 5.69 Å². The van der Waals surface area contributed by atoms with Gasteiger partial charge in [-0.05, 0) is 45.0 Å². The Morgan fingerprint density at radius 1 is 1.32 bits per heavy atom. The smallest absolute Gasteiger partial charge is 0.253 e. The first-order valence-electron chi connectivity index (χ1n) is 7.42. The minimum atomic E-state index is -0.889. The number of hydrogen-bond acceptors (Lipinski definition) is 4. The van der Waals surface area contributed by atoms with Gasteiger partial charge in [-0.1, -0.05) is 0 Å². The summed E-state index contributed by atoms with van der Waals surface area (Å²) in [7, 11) is 1.76. The summed E-state index contributed by atoms with van der Waals surface area (Å²) in [6.45, 7) is 5.51. The largest absolute Gasteiger partial charge is 0.391 e. The van der Waals surface area contributed by atoms with E-state index in [9.17, 15) is 15.0 Å². The van der Waals surface area contributed by atoms with E-state index < -0.39 is 11.7 Å². The Hall–Kier alpha value is -1.85. The second-order valence-corrected chi connectivity index (χ2v) is 6.52. The van der Waals surface area contributed by atoms with Crippen LogP contribution in [-0.2, 0) is 7.05 Å². The fraction of sp³-hybridized carbons (Fsp3) is 0.471. The number of aromatic nitrogens is 1. The number of rotatable bonds is 5. The Kier molecular flexibility index (Phi) is 4.58. The van der Waals surface area contributed by atoms with Crippen LogP contribution in [0.1, 0.15) is 25.8 Å². The lowest BCUT2D eigenvalue weighted by atomic mass is 10.0. The molecule has 0 saturated heterocycles. The average molecular weight is 304 g/mol. The van der Waals surface area contributed by atoms with Gasteiger partial charge in [-0.25, -0.2) is 0 Å². The van der Waals surface area contributed by atoms with Crippen molar-refractivity contribution in [1.82, 2.24) is 4.57 Å². The molecular formula is C17H24N2O3. The molecule has 2 rings (SSSR count). The van der Waals surface area contributed by atoms with Gasteiger partial charge in [-0.2, -0.15) is 0 Å². The van der Waals surface area contributed by atoms with Crippen molar-refractivity contribution in [2.24, 2.45) is 7.05 Å². The number of fused-ring (bicyclic) bond motifs is 1. The molecule has 120 valence electrons. The van der Waals surface area contributed by atoms with E-state index in [1.165, 1.54) is 0 Å². The third-order valence-electron chi connectivity index (χ3n) is 3.68. The van der Waals surface area contributed by atoms with E-state index in [0.717, 1.165) is 16.6 Å². The lowest BCUT2D eigenvalue weighted by Gasteiger charge is -2.21. The topological polar surface area (TPSA) is 74.5 Å². The van der Waals surface area contributed by atoms with Gasteiger partial charge in [0.2, 0.25) is 0 Å². The molecule has 1 aromatic heterocycles. The number of benzene rings is 1. The van der Waals surface area contributed by atoms with Gasteiger partial charge >= 0.3 is 0 Å². The number of aliphatic hydroxyl groups is 2. The third-order valence-corrected chi connectivity index (χ3v) is 3.68. The maximum Gasteiger partial charge on any atom is 0.253 e. The first-order chi connectivity index (χ1) is 10.2. The van der Waals surface area contributed by atoms with E-state index >= 15 is 0 Å². The van der Waals surface area contributed by atoms with Crippen molar-refractivity contribution in [3.8, 4) is 0 Å². The zero-order valence-corrected chi connectivity index (χ0v) is 13.6. The highest BCUT2D eigenvalue weighted by Gasteiger charge is 2.18. The maximum absolute atomic E-state index is 11.9. The summed E-state index contributed by atoms with van der Waals surface area (Å²) in [5, 5.41) is 23.7. The fourth-order valence-corrected chi connectivity index (χ4v) is 2.64. The van der Waals surface area contributed by atoms with Crippen molar-refractivity contribution >= 4 is 16.6 Å². The highest BCUT2D eigenvalue weighted by molar-refractivity contribution is 5.83. The van der Waals surface area contributed by atoms with E-state index in [0.29, 0.717) is 18.5 Å². The number of nitrogens with one attached hydrogen (secondary N) is 1. The Labute approximate surface area is 130 Å². The molecule has 2 aromatic rings. The lowest BCUT2D eigenvalue weighted by Crippen LogP contribution is -2.30. The molecule has 0 spiro atoms. The Morgan fingerprint density at radius 3 is 2.64 bits per heavy atom. The molecule has 3 N–H and O–H groups in total. The molecule has 0 bridgehead atoms. The molecule has 0 amide bonds. The van der Waals surface area contributed by atoms with Crippen LogP contribution in [0, 0.1) is 6.92 Å². The lowest BCUT2D eigenvalue weighted by molar-refractivity contribution is 0.0230. The molecule has 0 saturated carbocycles. The highest BCUT2D eigenvalue weighted by Crippen LogP contribution is 2.19. The molecule has 5 heteroatoms. The zero-order valence-electron chi connectivity index (χ0n) is 13.6. The SMILES string of the molecule is Cc1cc2cc(NCC(O)CC(C)(C)O)ccc2n(C)c1=O. The molecule has 1 atom stereocenters. The van der Waals surface area contributed by atoms with E-state index in [1.54, 1.807) is 32.4 Å². The van der Waals surface area contributed by atoms with Crippen LogP contribution in [0.3, 0.4) is 0 Å². The molecule has 0 radical (unpaired) electrons. The highest BCUT2D eigenvalue weighted by atomic mass is 16.3. The van der Waals surface area contributed by atoms with E-state index in [-0.39, 0.29) is 5.56 Å². The summed E-state index contributed by atoms with van der Waals surface area (Å²) in [6.07, 6.45) is -0.321. The average Bonchev–Trinajstić information content (AvgIpc) is 2.40. The monoisotopic (exact) mass is 304 g/mol. The quantitative estimate of drug-likeness (QED) is 0.787. The van der Waals surface area contributed by atoms with Gasteiger partial charge < -0.3 is 20.1 Å². The van der Waals surface area contributed by atoms with Crippen LogP contribution >= 0.6 is 0 Å². The number of pyridine rings is 1. The van der Waals surface area contributed by atoms with Gasteiger partial charge in [0, 0.05) is 36.7 Å². The summed E-state index contributed by atoms with van der Waals surface area (Å²) < 4.78 is 1.64. The second kappa shape index (κ2) is 6.10. The van der Waals surface area contributed by atoms with Crippen molar-refractivity contribution in [2.75, 3.05) is 11.9 Å². The molecule has 5 nitrogen and oxygen atoms in total. The summed E-state index contributed by atoms with van der Waals surface area (Å²) in [5.74, 6) is 0. The van der Waals surface area contributed by atoms with Gasteiger partial charge in [0.05, 0.1) is 17.2 Å². The number of hydrogen-bond donors (Lipinski definition) is 3. The van der Waals surface area contributed by atoms with Gasteiger partial charge in [-0.3, -0.25) is 4.79 Å². The molecule has 0 aliphatic rings. The molecule has 0 fully saturated rings. The Bertz CT molecular complexity index is 729. The van der Waals surface area contributed by atoms with E-state index in [1.807, 2.05) is 24.3 Å².